The highest BCUT2D eigenvalue weighted by Crippen LogP contribution is 2.30. The van der Waals surface area contributed by atoms with E-state index in [4.69, 9.17) is 4.74 Å². The lowest BCUT2D eigenvalue weighted by molar-refractivity contribution is -0.384. The quantitative estimate of drug-likeness (QED) is 0.516. The van der Waals surface area contributed by atoms with Gasteiger partial charge in [-0.2, -0.15) is 5.10 Å². The molecule has 1 N–H and O–H groups in total. The average molecular weight is 261 g/mol. The summed E-state index contributed by atoms with van der Waals surface area (Å²) in [7, 11) is 0. The molecule has 19 heavy (non-hydrogen) atoms. The summed E-state index contributed by atoms with van der Waals surface area (Å²) in [6.07, 6.45) is 1.30. The number of ether oxygens (including phenoxy) is 1. The van der Waals surface area contributed by atoms with Gasteiger partial charge in [0.25, 0.3) is 5.69 Å². The van der Waals surface area contributed by atoms with Gasteiger partial charge in [0.1, 0.15) is 5.56 Å². The number of carbonyl (C=O) groups is 1. The fourth-order valence-electron chi connectivity index (χ4n) is 1.70. The first kappa shape index (κ1) is 12.7. The number of aromatic nitrogens is 2. The third-order valence-corrected chi connectivity index (χ3v) is 2.50. The molecule has 2 aromatic rings. The van der Waals surface area contributed by atoms with Crippen LogP contribution < -0.4 is 0 Å². The fraction of sp³-hybridized carbons (Fsp3) is 0.167. The molecular formula is C12H11N3O4. The maximum Gasteiger partial charge on any atom is 0.341 e. The van der Waals surface area contributed by atoms with E-state index in [9.17, 15) is 14.9 Å². The number of para-hydroxylation sites is 1. The summed E-state index contributed by atoms with van der Waals surface area (Å²) in [6.45, 7) is 1.91. The summed E-state index contributed by atoms with van der Waals surface area (Å²) in [6, 6.07) is 6.12. The summed E-state index contributed by atoms with van der Waals surface area (Å²) in [5, 5.41) is 17.3. The maximum absolute atomic E-state index is 11.7. The van der Waals surface area contributed by atoms with E-state index in [1.807, 2.05) is 0 Å². The number of H-pyrrole nitrogens is 1. The highest BCUT2D eigenvalue weighted by atomic mass is 16.6. The standard InChI is InChI=1S/C12H11N3O4/c1-2-19-12(16)9-7-13-14-11(9)8-5-3-4-6-10(8)15(17)18/h3-7H,2H2,1H3,(H,13,14). The number of hydrogen-bond donors (Lipinski definition) is 1. The summed E-state index contributed by atoms with van der Waals surface area (Å²) in [4.78, 5) is 22.2. The monoisotopic (exact) mass is 261 g/mol. The van der Waals surface area contributed by atoms with Crippen molar-refractivity contribution in [3.8, 4) is 11.3 Å². The molecule has 1 heterocycles. The van der Waals surface area contributed by atoms with Crippen LogP contribution in [0.3, 0.4) is 0 Å². The van der Waals surface area contributed by atoms with Crippen molar-refractivity contribution >= 4 is 11.7 Å². The van der Waals surface area contributed by atoms with Gasteiger partial charge in [-0.3, -0.25) is 15.2 Å². The number of benzene rings is 1. The summed E-state index contributed by atoms with van der Waals surface area (Å²) in [5.41, 5.74) is 0.659. The van der Waals surface area contributed by atoms with Crippen LogP contribution in [0.15, 0.2) is 30.5 Å². The molecule has 7 heteroatoms. The molecule has 0 spiro atoms. The molecule has 1 aromatic heterocycles. The number of nitro benzene ring substituents is 1. The molecule has 1 aromatic carbocycles. The summed E-state index contributed by atoms with van der Waals surface area (Å²) >= 11 is 0. The van der Waals surface area contributed by atoms with E-state index < -0.39 is 10.9 Å². The van der Waals surface area contributed by atoms with Crippen LogP contribution in [-0.2, 0) is 4.74 Å². The average Bonchev–Trinajstić information content (AvgIpc) is 2.88. The van der Waals surface area contributed by atoms with Crippen LogP contribution in [0.2, 0.25) is 0 Å². The Morgan fingerprint density at radius 2 is 2.21 bits per heavy atom. The van der Waals surface area contributed by atoms with E-state index in [2.05, 4.69) is 10.2 Å². The molecule has 0 atom stereocenters. The van der Waals surface area contributed by atoms with Crippen LogP contribution in [0.5, 0.6) is 0 Å². The molecule has 0 aliphatic heterocycles. The lowest BCUT2D eigenvalue weighted by atomic mass is 10.1. The van der Waals surface area contributed by atoms with Gasteiger partial charge in [-0.1, -0.05) is 12.1 Å². The van der Waals surface area contributed by atoms with Crippen LogP contribution in [-0.4, -0.2) is 27.7 Å². The number of nitrogens with one attached hydrogen (secondary N) is 1. The van der Waals surface area contributed by atoms with Gasteiger partial charge in [0.05, 0.1) is 29.0 Å². The third-order valence-electron chi connectivity index (χ3n) is 2.50. The molecule has 7 nitrogen and oxygen atoms in total. The van der Waals surface area contributed by atoms with Crippen molar-refractivity contribution in [2.24, 2.45) is 0 Å². The first-order valence-electron chi connectivity index (χ1n) is 5.59. The Labute approximate surface area is 108 Å². The van der Waals surface area contributed by atoms with Gasteiger partial charge in [0, 0.05) is 6.07 Å². The molecule has 0 bridgehead atoms. The minimum Gasteiger partial charge on any atom is -0.462 e. The third kappa shape index (κ3) is 2.44. The zero-order valence-corrected chi connectivity index (χ0v) is 10.1. The topological polar surface area (TPSA) is 98.1 Å². The highest BCUT2D eigenvalue weighted by molar-refractivity contribution is 5.97. The maximum atomic E-state index is 11.7. The number of aromatic amines is 1. The van der Waals surface area contributed by atoms with Crippen LogP contribution in [0, 0.1) is 10.1 Å². The van der Waals surface area contributed by atoms with Gasteiger partial charge in [0.15, 0.2) is 0 Å². The Kier molecular flexibility index (Phi) is 3.56. The Bertz CT molecular complexity index is 621. The number of nitrogens with zero attached hydrogens (tertiary/aromatic N) is 2. The number of rotatable bonds is 4. The van der Waals surface area contributed by atoms with Crippen molar-refractivity contribution in [3.63, 3.8) is 0 Å². The number of esters is 1. The van der Waals surface area contributed by atoms with Crippen molar-refractivity contribution in [2.45, 2.75) is 6.92 Å². The van der Waals surface area contributed by atoms with Gasteiger partial charge in [0.2, 0.25) is 0 Å². The van der Waals surface area contributed by atoms with Gasteiger partial charge < -0.3 is 4.74 Å². The normalized spacial score (nSPS) is 10.2. The Hall–Kier alpha value is -2.70. The molecule has 0 aliphatic rings. The first-order chi connectivity index (χ1) is 9.15. The molecule has 0 radical (unpaired) electrons. The lowest BCUT2D eigenvalue weighted by Crippen LogP contribution is -2.05. The van der Waals surface area contributed by atoms with E-state index in [1.165, 1.54) is 12.3 Å². The number of carbonyl (C=O) groups excluding carboxylic acids is 1. The van der Waals surface area contributed by atoms with Gasteiger partial charge >= 0.3 is 5.97 Å². The Morgan fingerprint density at radius 1 is 1.47 bits per heavy atom. The van der Waals surface area contributed by atoms with E-state index >= 15 is 0 Å². The SMILES string of the molecule is CCOC(=O)c1cn[nH]c1-c1ccccc1[N+](=O)[O-]. The van der Waals surface area contributed by atoms with Crippen molar-refractivity contribution in [3.05, 3.63) is 46.1 Å². The van der Waals surface area contributed by atoms with Gasteiger partial charge in [-0.25, -0.2) is 4.79 Å². The predicted molar refractivity (Wildman–Crippen MR) is 66.6 cm³/mol. The smallest absolute Gasteiger partial charge is 0.341 e. The van der Waals surface area contributed by atoms with E-state index in [0.717, 1.165) is 0 Å². The van der Waals surface area contributed by atoms with Crippen LogP contribution in [0.1, 0.15) is 17.3 Å². The number of nitro groups is 1. The molecule has 0 saturated carbocycles. The largest absolute Gasteiger partial charge is 0.462 e. The first-order valence-corrected chi connectivity index (χ1v) is 5.59. The summed E-state index contributed by atoms with van der Waals surface area (Å²) in [5.74, 6) is -0.565. The lowest BCUT2D eigenvalue weighted by Gasteiger charge is -2.04. The van der Waals surface area contributed by atoms with Crippen molar-refractivity contribution in [2.75, 3.05) is 6.61 Å². The minimum absolute atomic E-state index is 0.0997. The highest BCUT2D eigenvalue weighted by Gasteiger charge is 2.22. The Morgan fingerprint density at radius 3 is 2.89 bits per heavy atom. The molecule has 0 saturated heterocycles. The molecule has 0 amide bonds. The van der Waals surface area contributed by atoms with Crippen molar-refractivity contribution < 1.29 is 14.5 Å². The second-order valence-electron chi connectivity index (χ2n) is 3.65. The van der Waals surface area contributed by atoms with E-state index in [-0.39, 0.29) is 23.6 Å². The van der Waals surface area contributed by atoms with E-state index in [1.54, 1.807) is 25.1 Å². The van der Waals surface area contributed by atoms with Crippen molar-refractivity contribution in [1.29, 1.82) is 0 Å². The van der Waals surface area contributed by atoms with Crippen LogP contribution in [0.25, 0.3) is 11.3 Å². The van der Waals surface area contributed by atoms with Crippen LogP contribution >= 0.6 is 0 Å². The molecular weight excluding hydrogens is 250 g/mol. The zero-order chi connectivity index (χ0) is 13.8. The number of hydrogen-bond acceptors (Lipinski definition) is 5. The van der Waals surface area contributed by atoms with Gasteiger partial charge in [-0.05, 0) is 13.0 Å². The Balaban J connectivity index is 2.52. The zero-order valence-electron chi connectivity index (χ0n) is 10.1. The second kappa shape index (κ2) is 5.30. The predicted octanol–water partition coefficient (Wildman–Crippen LogP) is 2.16. The minimum atomic E-state index is -0.565. The molecule has 0 aliphatic carbocycles. The molecule has 0 fully saturated rings. The molecule has 2 rings (SSSR count). The van der Waals surface area contributed by atoms with Crippen molar-refractivity contribution in [1.82, 2.24) is 10.2 Å². The summed E-state index contributed by atoms with van der Waals surface area (Å²) < 4.78 is 4.88. The molecule has 0 unspecified atom stereocenters. The van der Waals surface area contributed by atoms with Gasteiger partial charge in [-0.15, -0.1) is 0 Å². The molecule has 98 valence electrons. The second-order valence-corrected chi connectivity index (χ2v) is 3.65. The fourth-order valence-corrected chi connectivity index (χ4v) is 1.70. The van der Waals surface area contributed by atoms with Crippen LogP contribution in [0.4, 0.5) is 5.69 Å². The van der Waals surface area contributed by atoms with E-state index in [0.29, 0.717) is 5.56 Å².